The van der Waals surface area contributed by atoms with Crippen molar-refractivity contribution in [3.8, 4) is 5.75 Å². The zero-order valence-corrected chi connectivity index (χ0v) is 28.2. The van der Waals surface area contributed by atoms with E-state index in [0.29, 0.717) is 41.2 Å². The second-order valence-electron chi connectivity index (χ2n) is 12.7. The Kier molecular flexibility index (Phi) is 9.99. The fourth-order valence-corrected chi connectivity index (χ4v) is 6.70. The van der Waals surface area contributed by atoms with Crippen molar-refractivity contribution in [1.29, 1.82) is 0 Å². The number of ether oxygens (including phenoxy) is 1. The van der Waals surface area contributed by atoms with Gasteiger partial charge in [0.25, 0.3) is 17.5 Å². The third kappa shape index (κ3) is 6.96. The van der Waals surface area contributed by atoms with E-state index in [1.165, 1.54) is 23.1 Å². The fraction of sp³-hybridized carbons (Fsp3) is 0.256. The summed E-state index contributed by atoms with van der Waals surface area (Å²) in [5.74, 6) is -1.41. The number of fused-ring (bicyclic) bond motifs is 2. The van der Waals surface area contributed by atoms with Gasteiger partial charge in [-0.1, -0.05) is 55.5 Å². The van der Waals surface area contributed by atoms with Gasteiger partial charge in [0.15, 0.2) is 5.60 Å². The minimum atomic E-state index is -2.15. The van der Waals surface area contributed by atoms with Gasteiger partial charge in [-0.15, -0.1) is 0 Å². The quantitative estimate of drug-likeness (QED) is 0.111. The highest BCUT2D eigenvalue weighted by Crippen LogP contribution is 2.47. The van der Waals surface area contributed by atoms with E-state index >= 15 is 0 Å². The van der Waals surface area contributed by atoms with Crippen LogP contribution in [0.5, 0.6) is 5.75 Å². The molecule has 6 rings (SSSR count). The van der Waals surface area contributed by atoms with E-state index in [1.807, 2.05) is 24.3 Å². The Morgan fingerprint density at radius 3 is 2.43 bits per heavy atom. The van der Waals surface area contributed by atoms with Crippen molar-refractivity contribution in [3.63, 3.8) is 0 Å². The number of anilines is 2. The smallest absolute Gasteiger partial charge is 0.269 e. The van der Waals surface area contributed by atoms with Gasteiger partial charge in [-0.3, -0.25) is 24.5 Å². The monoisotopic (exact) mass is 690 g/mol. The zero-order valence-electron chi connectivity index (χ0n) is 28.2. The van der Waals surface area contributed by atoms with Crippen molar-refractivity contribution >= 4 is 34.8 Å². The maximum Gasteiger partial charge on any atom is 0.269 e. The third-order valence-corrected chi connectivity index (χ3v) is 9.63. The van der Waals surface area contributed by atoms with Crippen molar-refractivity contribution in [2.75, 3.05) is 23.9 Å². The summed E-state index contributed by atoms with van der Waals surface area (Å²) in [6, 6.07) is 25.0. The van der Waals surface area contributed by atoms with Crippen LogP contribution in [0.3, 0.4) is 0 Å². The molecule has 0 unspecified atom stereocenters. The number of amides is 3. The lowest BCUT2D eigenvalue weighted by atomic mass is 9.82. The van der Waals surface area contributed by atoms with Crippen LogP contribution in [0.1, 0.15) is 46.0 Å². The van der Waals surface area contributed by atoms with E-state index in [9.17, 15) is 34.7 Å². The number of nitrogens with zero attached hydrogens (tertiary/aromatic N) is 3. The Morgan fingerprint density at radius 1 is 1.06 bits per heavy atom. The topological polar surface area (TPSA) is 163 Å². The van der Waals surface area contributed by atoms with Gasteiger partial charge >= 0.3 is 0 Å². The lowest BCUT2D eigenvalue weighted by molar-refractivity contribution is -0.385. The van der Waals surface area contributed by atoms with Crippen LogP contribution in [0.15, 0.2) is 103 Å². The maximum atomic E-state index is 14.1. The van der Waals surface area contributed by atoms with E-state index < -0.39 is 22.3 Å². The van der Waals surface area contributed by atoms with Gasteiger partial charge in [-0.25, -0.2) is 0 Å². The van der Waals surface area contributed by atoms with Gasteiger partial charge in [0.1, 0.15) is 5.75 Å². The minimum Gasteiger partial charge on any atom is -0.497 e. The van der Waals surface area contributed by atoms with Gasteiger partial charge in [-0.2, -0.15) is 0 Å². The van der Waals surface area contributed by atoms with Crippen LogP contribution in [-0.2, 0) is 34.7 Å². The molecule has 4 aromatic rings. The molecule has 0 bridgehead atoms. The average Bonchev–Trinajstić information content (AvgIpc) is 3.36. The predicted octanol–water partition coefficient (Wildman–Crippen LogP) is 5.12. The van der Waals surface area contributed by atoms with E-state index in [1.54, 1.807) is 79.6 Å². The van der Waals surface area contributed by atoms with Gasteiger partial charge < -0.3 is 30.1 Å². The van der Waals surface area contributed by atoms with Crippen molar-refractivity contribution in [3.05, 3.63) is 141 Å². The molecule has 0 saturated carbocycles. The summed E-state index contributed by atoms with van der Waals surface area (Å²) in [6.45, 7) is 1.86. The first kappa shape index (κ1) is 35.0. The molecule has 2 heterocycles. The Balaban J connectivity index is 1.18. The molecule has 0 fully saturated rings. The highest BCUT2D eigenvalue weighted by molar-refractivity contribution is 6.07. The first-order valence-corrected chi connectivity index (χ1v) is 16.5. The fourth-order valence-electron chi connectivity index (χ4n) is 6.70. The average molecular weight is 691 g/mol. The van der Waals surface area contributed by atoms with Gasteiger partial charge in [0, 0.05) is 47.8 Å². The number of rotatable bonds is 11. The number of aliphatic hydroxyl groups excluding tert-OH is 1. The lowest BCUT2D eigenvalue weighted by Crippen LogP contribution is -2.46. The summed E-state index contributed by atoms with van der Waals surface area (Å²) < 4.78 is 5.14. The molecule has 0 spiro atoms. The molecule has 0 saturated heterocycles. The van der Waals surface area contributed by atoms with Crippen LogP contribution in [0.4, 0.5) is 17.1 Å². The molecule has 51 heavy (non-hydrogen) atoms. The first-order valence-electron chi connectivity index (χ1n) is 16.5. The molecule has 3 N–H and O–H groups in total. The molecule has 4 aromatic carbocycles. The summed E-state index contributed by atoms with van der Waals surface area (Å²) in [5, 5.41) is 36.6. The molecule has 3 atom stereocenters. The van der Waals surface area contributed by atoms with Gasteiger partial charge in [0.05, 0.1) is 36.9 Å². The number of nitro groups is 1. The molecule has 0 radical (unpaired) electrons. The van der Waals surface area contributed by atoms with Gasteiger partial charge in [0.2, 0.25) is 5.91 Å². The Labute approximate surface area is 294 Å². The Bertz CT molecular complexity index is 2000. The van der Waals surface area contributed by atoms with Crippen molar-refractivity contribution < 1.29 is 34.3 Å². The van der Waals surface area contributed by atoms with E-state index in [4.69, 9.17) is 4.74 Å². The van der Waals surface area contributed by atoms with Crippen LogP contribution in [-0.4, -0.2) is 57.5 Å². The molecule has 262 valence electrons. The lowest BCUT2D eigenvalue weighted by Gasteiger charge is -2.36. The SMILES string of the molecule is COc1ccc(C(=O)Nc2ccc(CN3C(=O)[C@](O)([C@H](C)/C=C/CC(=O)N4Cc5ccccc5C[C@H]4CO)c4cc([N+](=O)[O-])ccc43)cc2)cc1. The number of hydrogen-bond acceptors (Lipinski definition) is 8. The Morgan fingerprint density at radius 2 is 1.76 bits per heavy atom. The first-order chi connectivity index (χ1) is 24.5. The molecule has 12 nitrogen and oxygen atoms in total. The van der Waals surface area contributed by atoms with E-state index in [0.717, 1.165) is 11.1 Å². The van der Waals surface area contributed by atoms with E-state index in [-0.39, 0.29) is 48.7 Å². The standard InChI is InChI=1S/C39H38N4O8/c1-25(6-5-9-36(45)41-23-29-8-4-3-7-28(29)20-32(41)24-44)39(48)34-21-31(43(49)50)16-19-35(34)42(38(39)47)22-26-10-14-30(15-11-26)40-37(46)27-12-17-33(51-2)18-13-27/h3-8,10-19,21,25,32,44,48H,9,20,22-24H2,1-2H3,(H,40,46)/b6-5+/t25-,32+,39+/m1/s1. The van der Waals surface area contributed by atoms with Crippen LogP contribution >= 0.6 is 0 Å². The summed E-state index contributed by atoms with van der Waals surface area (Å²) in [5.41, 5.74) is 1.80. The van der Waals surface area contributed by atoms with Crippen LogP contribution < -0.4 is 15.0 Å². The largest absolute Gasteiger partial charge is 0.497 e. The summed E-state index contributed by atoms with van der Waals surface area (Å²) in [6.07, 6.45) is 3.68. The Hall–Kier alpha value is -5.85. The maximum absolute atomic E-state index is 14.1. The highest BCUT2D eigenvalue weighted by Gasteiger charge is 2.53. The number of non-ortho nitro benzene ring substituents is 1. The predicted molar refractivity (Wildman–Crippen MR) is 190 cm³/mol. The third-order valence-electron chi connectivity index (χ3n) is 9.63. The second-order valence-corrected chi connectivity index (χ2v) is 12.7. The summed E-state index contributed by atoms with van der Waals surface area (Å²) >= 11 is 0. The number of aliphatic hydroxyl groups is 2. The molecule has 0 aromatic heterocycles. The number of carbonyl (C=O) groups is 3. The molecular formula is C39H38N4O8. The zero-order chi connectivity index (χ0) is 36.3. The normalized spacial score (nSPS) is 18.7. The van der Waals surface area contributed by atoms with Crippen molar-refractivity contribution in [2.24, 2.45) is 5.92 Å². The molecule has 2 aliphatic rings. The molecule has 2 aliphatic heterocycles. The highest BCUT2D eigenvalue weighted by atomic mass is 16.6. The van der Waals surface area contributed by atoms with Gasteiger partial charge in [-0.05, 0) is 65.6 Å². The summed E-state index contributed by atoms with van der Waals surface area (Å²) in [4.78, 5) is 54.2. The van der Waals surface area contributed by atoms with Crippen LogP contribution in [0.25, 0.3) is 0 Å². The molecule has 3 amide bonds. The number of nitrogens with one attached hydrogen (secondary N) is 1. The molecule has 0 aliphatic carbocycles. The van der Waals surface area contributed by atoms with Crippen LogP contribution in [0.2, 0.25) is 0 Å². The van der Waals surface area contributed by atoms with Crippen molar-refractivity contribution in [2.45, 2.75) is 44.5 Å². The second kappa shape index (κ2) is 14.6. The number of nitro benzene ring substituents is 1. The van der Waals surface area contributed by atoms with Crippen LogP contribution in [0, 0.1) is 16.0 Å². The molecular weight excluding hydrogens is 652 g/mol. The van der Waals surface area contributed by atoms with Crippen molar-refractivity contribution in [1.82, 2.24) is 4.90 Å². The number of carbonyl (C=O) groups excluding carboxylic acids is 3. The summed E-state index contributed by atoms with van der Waals surface area (Å²) in [7, 11) is 1.54. The number of benzene rings is 4. The van der Waals surface area contributed by atoms with E-state index in [2.05, 4.69) is 5.32 Å². The molecule has 12 heteroatoms. The minimum absolute atomic E-state index is 0.0276. The number of methoxy groups -OCH3 is 1. The number of hydrogen-bond donors (Lipinski definition) is 3.